The van der Waals surface area contributed by atoms with Crippen molar-refractivity contribution in [3.8, 4) is 0 Å². The maximum atomic E-state index is 12.7. The predicted molar refractivity (Wildman–Crippen MR) is 203 cm³/mol. The highest BCUT2D eigenvalue weighted by Crippen LogP contribution is 2.26. The lowest BCUT2D eigenvalue weighted by Gasteiger charge is -2.31. The fraction of sp³-hybridized carbons (Fsp3) is 0.833. The van der Waals surface area contributed by atoms with Crippen LogP contribution in [-0.2, 0) is 57.2 Å². The molecule has 0 heterocycles. The summed E-state index contributed by atoms with van der Waals surface area (Å²) in [5.41, 5.74) is -2.86. The van der Waals surface area contributed by atoms with E-state index in [0.29, 0.717) is 23.7 Å². The summed E-state index contributed by atoms with van der Waals surface area (Å²) in [5, 5.41) is 0. The molecular weight excluding hydrogens is 721 g/mol. The quantitative estimate of drug-likeness (QED) is 0.0910. The van der Waals surface area contributed by atoms with Gasteiger partial charge in [-0.3, -0.25) is 28.8 Å². The van der Waals surface area contributed by atoms with E-state index in [1.165, 1.54) is 35.3 Å². The zero-order valence-corrected chi connectivity index (χ0v) is 35.4. The van der Waals surface area contributed by atoms with E-state index in [4.69, 9.17) is 28.4 Å². The monoisotopic (exact) mass is 782 g/mol. The standard InChI is InChI=1S/C36H62O12S3/c1-14-36(21-43-27(37)18-49-15-24(2)30(40)46-33(5,6)7,22-44-28(38)19-50-16-25(3)31(41)47-34(8,9)10)23-45-29(39)20-51-17-26(4)32(42)48-35(11,12)13/h24-26H,14-23H2,1-13H3. The Hall–Kier alpha value is -2.13. The first-order chi connectivity index (χ1) is 23.3. The molecular formula is C36H62O12S3. The zero-order chi connectivity index (χ0) is 39.6. The molecule has 0 aromatic heterocycles. The first-order valence-corrected chi connectivity index (χ1v) is 20.6. The molecule has 0 saturated heterocycles. The summed E-state index contributed by atoms with van der Waals surface area (Å²) in [5.74, 6) is -2.96. The van der Waals surface area contributed by atoms with Gasteiger partial charge in [0.1, 0.15) is 36.6 Å². The van der Waals surface area contributed by atoms with E-state index in [-0.39, 0.29) is 55.0 Å². The molecule has 0 aromatic carbocycles. The summed E-state index contributed by atoms with van der Waals surface area (Å²) in [6.07, 6.45) is 0.343. The lowest BCUT2D eigenvalue weighted by molar-refractivity contribution is -0.161. The van der Waals surface area contributed by atoms with Gasteiger partial charge in [0.15, 0.2) is 0 Å². The molecule has 15 heteroatoms. The van der Waals surface area contributed by atoms with Crippen molar-refractivity contribution in [2.24, 2.45) is 23.2 Å². The molecule has 0 aromatic rings. The second-order valence-corrected chi connectivity index (χ2v) is 18.8. The number of carbonyl (C=O) groups excluding carboxylic acids is 6. The van der Waals surface area contributed by atoms with Crippen molar-refractivity contribution >= 4 is 71.1 Å². The number of esters is 6. The summed E-state index contributed by atoms with van der Waals surface area (Å²) in [4.78, 5) is 74.9. The molecule has 3 atom stereocenters. The molecule has 3 unspecified atom stereocenters. The molecule has 0 spiro atoms. The van der Waals surface area contributed by atoms with Gasteiger partial charge in [0.25, 0.3) is 0 Å². The van der Waals surface area contributed by atoms with E-state index >= 15 is 0 Å². The Labute approximate surface area is 318 Å². The molecule has 0 fully saturated rings. The van der Waals surface area contributed by atoms with Crippen molar-refractivity contribution in [1.82, 2.24) is 0 Å². The van der Waals surface area contributed by atoms with Crippen molar-refractivity contribution in [3.63, 3.8) is 0 Å². The van der Waals surface area contributed by atoms with E-state index in [1.54, 1.807) is 90.0 Å². The van der Waals surface area contributed by atoms with Gasteiger partial charge in [-0.1, -0.05) is 27.7 Å². The van der Waals surface area contributed by atoms with Gasteiger partial charge in [0, 0.05) is 17.3 Å². The van der Waals surface area contributed by atoms with Crippen LogP contribution in [0.15, 0.2) is 0 Å². The molecule has 12 nitrogen and oxygen atoms in total. The van der Waals surface area contributed by atoms with Crippen molar-refractivity contribution in [1.29, 1.82) is 0 Å². The van der Waals surface area contributed by atoms with Crippen molar-refractivity contribution in [2.75, 3.05) is 54.3 Å². The van der Waals surface area contributed by atoms with Gasteiger partial charge in [-0.05, 0) is 68.7 Å². The number of thioether (sulfide) groups is 3. The third kappa shape index (κ3) is 24.7. The second kappa shape index (κ2) is 22.8. The SMILES string of the molecule is CCC(COC(=O)CSCC(C)C(=O)OC(C)(C)C)(COC(=O)CSCC(C)C(=O)OC(C)(C)C)COC(=O)CSCC(C)C(=O)OC(C)(C)C. The number of ether oxygens (including phenoxy) is 6. The highest BCUT2D eigenvalue weighted by Gasteiger charge is 2.35. The minimum Gasteiger partial charge on any atom is -0.464 e. The van der Waals surface area contributed by atoms with Crippen LogP contribution in [0.2, 0.25) is 0 Å². The molecule has 0 radical (unpaired) electrons. The minimum absolute atomic E-state index is 0.0224. The van der Waals surface area contributed by atoms with Gasteiger partial charge < -0.3 is 28.4 Å². The van der Waals surface area contributed by atoms with Gasteiger partial charge in [-0.15, -0.1) is 35.3 Å². The number of carbonyl (C=O) groups is 6. The Morgan fingerprint density at radius 2 is 0.706 bits per heavy atom. The Morgan fingerprint density at radius 3 is 0.902 bits per heavy atom. The fourth-order valence-electron chi connectivity index (χ4n) is 3.63. The third-order valence-electron chi connectivity index (χ3n) is 6.56. The smallest absolute Gasteiger partial charge is 0.315 e. The largest absolute Gasteiger partial charge is 0.464 e. The van der Waals surface area contributed by atoms with Crippen LogP contribution in [0.5, 0.6) is 0 Å². The number of hydrogen-bond donors (Lipinski definition) is 0. The lowest BCUT2D eigenvalue weighted by atomic mass is 9.88. The summed E-state index contributed by atoms with van der Waals surface area (Å²) in [7, 11) is 0. The molecule has 296 valence electrons. The molecule has 0 N–H and O–H groups in total. The average Bonchev–Trinajstić information content (AvgIpc) is 2.98. The summed E-state index contributed by atoms with van der Waals surface area (Å²) >= 11 is 3.70. The maximum absolute atomic E-state index is 12.7. The predicted octanol–water partition coefficient (Wildman–Crippen LogP) is 6.15. The van der Waals surface area contributed by atoms with E-state index in [9.17, 15) is 28.8 Å². The van der Waals surface area contributed by atoms with Gasteiger partial charge in [0.05, 0.1) is 40.4 Å². The Balaban J connectivity index is 5.29. The molecule has 51 heavy (non-hydrogen) atoms. The minimum atomic E-state index is -1.03. The summed E-state index contributed by atoms with van der Waals surface area (Å²) in [6.45, 7) is 22.5. The van der Waals surface area contributed by atoms with Crippen LogP contribution in [0.4, 0.5) is 0 Å². The number of hydrogen-bond acceptors (Lipinski definition) is 15. The fourth-order valence-corrected chi connectivity index (χ4v) is 6.20. The van der Waals surface area contributed by atoms with E-state index in [2.05, 4.69) is 0 Å². The second-order valence-electron chi connectivity index (χ2n) is 15.7. The molecule has 0 amide bonds. The molecule has 0 bridgehead atoms. The van der Waals surface area contributed by atoms with Crippen molar-refractivity contribution in [2.45, 2.75) is 113 Å². The van der Waals surface area contributed by atoms with Gasteiger partial charge in [0.2, 0.25) is 0 Å². The first-order valence-electron chi connectivity index (χ1n) is 17.2. The van der Waals surface area contributed by atoms with Crippen LogP contribution in [0.1, 0.15) is 96.4 Å². The summed E-state index contributed by atoms with van der Waals surface area (Å²) in [6, 6.07) is 0. The highest BCUT2D eigenvalue weighted by atomic mass is 32.2. The Kier molecular flexibility index (Phi) is 21.9. The third-order valence-corrected chi connectivity index (χ3v) is 10.1. The summed E-state index contributed by atoms with van der Waals surface area (Å²) < 4.78 is 32.9. The topological polar surface area (TPSA) is 158 Å². The van der Waals surface area contributed by atoms with Crippen LogP contribution in [0.3, 0.4) is 0 Å². The maximum Gasteiger partial charge on any atom is 0.315 e. The molecule has 0 aliphatic heterocycles. The van der Waals surface area contributed by atoms with Crippen LogP contribution in [0, 0.1) is 23.2 Å². The Morgan fingerprint density at radius 1 is 0.471 bits per heavy atom. The number of rotatable bonds is 22. The highest BCUT2D eigenvalue weighted by molar-refractivity contribution is 8.00. The normalized spacial score (nSPS) is 15.0. The van der Waals surface area contributed by atoms with E-state index in [1.807, 2.05) is 0 Å². The van der Waals surface area contributed by atoms with Crippen LogP contribution < -0.4 is 0 Å². The Bertz CT molecular complexity index is 1000. The molecule has 0 saturated carbocycles. The van der Waals surface area contributed by atoms with Crippen LogP contribution in [0.25, 0.3) is 0 Å². The lowest BCUT2D eigenvalue weighted by Crippen LogP contribution is -2.39. The van der Waals surface area contributed by atoms with Crippen LogP contribution >= 0.6 is 35.3 Å². The van der Waals surface area contributed by atoms with Crippen molar-refractivity contribution in [3.05, 3.63) is 0 Å². The molecule has 0 aliphatic rings. The van der Waals surface area contributed by atoms with Gasteiger partial charge in [-0.25, -0.2) is 0 Å². The van der Waals surface area contributed by atoms with Gasteiger partial charge in [-0.2, -0.15) is 0 Å². The molecule has 0 aliphatic carbocycles. The zero-order valence-electron chi connectivity index (χ0n) is 32.9. The molecule has 0 rings (SSSR count). The van der Waals surface area contributed by atoms with Gasteiger partial charge >= 0.3 is 35.8 Å². The van der Waals surface area contributed by atoms with E-state index < -0.39 is 57.9 Å². The van der Waals surface area contributed by atoms with Crippen molar-refractivity contribution < 1.29 is 57.2 Å². The van der Waals surface area contributed by atoms with Crippen LogP contribution in [-0.4, -0.2) is 107 Å². The van der Waals surface area contributed by atoms with E-state index in [0.717, 1.165) is 0 Å². The first kappa shape index (κ1) is 48.9. The average molecular weight is 783 g/mol.